The molecule has 0 aromatic carbocycles. The third-order valence-corrected chi connectivity index (χ3v) is 4.84. The van der Waals surface area contributed by atoms with Crippen molar-refractivity contribution in [2.45, 2.75) is 32.8 Å². The molecule has 1 amide bonds. The first-order valence-corrected chi connectivity index (χ1v) is 7.44. The summed E-state index contributed by atoms with van der Waals surface area (Å²) in [6.45, 7) is 4.62. The summed E-state index contributed by atoms with van der Waals surface area (Å²) in [6.07, 6.45) is 1.20. The molecule has 1 aliphatic heterocycles. The second-order valence-corrected chi connectivity index (χ2v) is 6.44. The first-order valence-electron chi connectivity index (χ1n) is 6.62. The number of aliphatic hydroxyl groups is 1. The van der Waals surface area contributed by atoms with Crippen molar-refractivity contribution < 1.29 is 14.8 Å². The van der Waals surface area contributed by atoms with Crippen molar-refractivity contribution in [3.05, 3.63) is 25.9 Å². The van der Waals surface area contributed by atoms with E-state index in [9.17, 15) is 20.0 Å². The molecule has 110 valence electrons. The summed E-state index contributed by atoms with van der Waals surface area (Å²) in [7, 11) is 0. The lowest BCUT2D eigenvalue weighted by Crippen LogP contribution is -2.40. The standard InChI is InChI=1S/C13H18N2O4S/c1-8(16)10-3-5-14(6-4-10)13(17)12-7-11(15(18)19)9(2)20-12/h7-8,10,16H,3-6H2,1-2H3. The van der Waals surface area contributed by atoms with Gasteiger partial charge in [0.2, 0.25) is 0 Å². The van der Waals surface area contributed by atoms with Gasteiger partial charge in [0, 0.05) is 19.2 Å². The van der Waals surface area contributed by atoms with Crippen LogP contribution in [0.5, 0.6) is 0 Å². The fourth-order valence-electron chi connectivity index (χ4n) is 2.50. The number of rotatable bonds is 3. The van der Waals surface area contributed by atoms with E-state index in [0.717, 1.165) is 12.8 Å². The van der Waals surface area contributed by atoms with E-state index >= 15 is 0 Å². The number of thiophene rings is 1. The van der Waals surface area contributed by atoms with E-state index in [-0.39, 0.29) is 23.6 Å². The van der Waals surface area contributed by atoms with Crippen LogP contribution in [0.4, 0.5) is 5.69 Å². The Morgan fingerprint density at radius 3 is 2.60 bits per heavy atom. The number of nitro groups is 1. The van der Waals surface area contributed by atoms with Gasteiger partial charge in [0.25, 0.3) is 11.6 Å². The summed E-state index contributed by atoms with van der Waals surface area (Å²) < 4.78 is 0. The van der Waals surface area contributed by atoms with Gasteiger partial charge in [0.15, 0.2) is 0 Å². The number of amides is 1. The van der Waals surface area contributed by atoms with Crippen molar-refractivity contribution >= 4 is 22.9 Å². The van der Waals surface area contributed by atoms with Crippen LogP contribution in [0.25, 0.3) is 0 Å². The smallest absolute Gasteiger partial charge is 0.283 e. The molecule has 20 heavy (non-hydrogen) atoms. The molecule has 0 bridgehead atoms. The number of carbonyl (C=O) groups excluding carboxylic acids is 1. The molecule has 2 heterocycles. The van der Waals surface area contributed by atoms with Gasteiger partial charge < -0.3 is 10.0 Å². The molecule has 0 aliphatic carbocycles. The topological polar surface area (TPSA) is 83.7 Å². The highest BCUT2D eigenvalue weighted by Gasteiger charge is 2.28. The average Bonchev–Trinajstić information content (AvgIpc) is 2.80. The highest BCUT2D eigenvalue weighted by Crippen LogP contribution is 2.30. The molecule has 0 radical (unpaired) electrons. The number of nitrogens with zero attached hydrogens (tertiary/aromatic N) is 2. The quantitative estimate of drug-likeness (QED) is 0.685. The minimum atomic E-state index is -0.456. The summed E-state index contributed by atoms with van der Waals surface area (Å²) in [4.78, 5) is 25.4. The number of piperidine rings is 1. The molecular formula is C13H18N2O4S. The monoisotopic (exact) mass is 298 g/mol. The SMILES string of the molecule is Cc1sc(C(=O)N2CCC(C(C)O)CC2)cc1[N+](=O)[O-]. The van der Waals surface area contributed by atoms with E-state index in [1.807, 2.05) is 0 Å². The normalized spacial score (nSPS) is 18.1. The number of hydrogen-bond donors (Lipinski definition) is 1. The number of likely N-dealkylation sites (tertiary alicyclic amines) is 1. The van der Waals surface area contributed by atoms with Crippen molar-refractivity contribution in [2.75, 3.05) is 13.1 Å². The zero-order chi connectivity index (χ0) is 14.9. The van der Waals surface area contributed by atoms with Gasteiger partial charge >= 0.3 is 0 Å². The summed E-state index contributed by atoms with van der Waals surface area (Å²) in [5, 5.41) is 20.4. The van der Waals surface area contributed by atoms with Gasteiger partial charge in [-0.15, -0.1) is 11.3 Å². The van der Waals surface area contributed by atoms with E-state index in [1.165, 1.54) is 17.4 Å². The average molecular weight is 298 g/mol. The van der Waals surface area contributed by atoms with Crippen LogP contribution in [-0.2, 0) is 0 Å². The van der Waals surface area contributed by atoms with Crippen LogP contribution < -0.4 is 0 Å². The number of hydrogen-bond acceptors (Lipinski definition) is 5. The van der Waals surface area contributed by atoms with Crippen LogP contribution in [0.15, 0.2) is 6.07 Å². The Labute approximate surface area is 121 Å². The molecule has 2 rings (SSSR count). The van der Waals surface area contributed by atoms with Crippen LogP contribution in [0.3, 0.4) is 0 Å². The second kappa shape index (κ2) is 5.88. The van der Waals surface area contributed by atoms with E-state index in [0.29, 0.717) is 22.8 Å². The third kappa shape index (κ3) is 2.99. The molecule has 0 spiro atoms. The molecular weight excluding hydrogens is 280 g/mol. The molecule has 1 aromatic heterocycles. The molecule has 1 unspecified atom stereocenters. The van der Waals surface area contributed by atoms with Crippen molar-refractivity contribution in [3.63, 3.8) is 0 Å². The summed E-state index contributed by atoms with van der Waals surface area (Å²) in [5.74, 6) is 0.0914. The molecule has 6 nitrogen and oxygen atoms in total. The number of carbonyl (C=O) groups is 1. The van der Waals surface area contributed by atoms with Crippen molar-refractivity contribution in [2.24, 2.45) is 5.92 Å². The van der Waals surface area contributed by atoms with Gasteiger partial charge in [0.05, 0.1) is 20.8 Å². The summed E-state index contributed by atoms with van der Waals surface area (Å²) in [6, 6.07) is 1.36. The zero-order valence-corrected chi connectivity index (χ0v) is 12.4. The van der Waals surface area contributed by atoms with Crippen LogP contribution in [0.2, 0.25) is 0 Å². The van der Waals surface area contributed by atoms with Crippen LogP contribution >= 0.6 is 11.3 Å². The molecule has 0 saturated carbocycles. The van der Waals surface area contributed by atoms with Gasteiger partial charge in [-0.1, -0.05) is 0 Å². The van der Waals surface area contributed by atoms with Crippen LogP contribution in [0.1, 0.15) is 34.3 Å². The Balaban J connectivity index is 2.06. The van der Waals surface area contributed by atoms with Crippen molar-refractivity contribution in [1.82, 2.24) is 4.90 Å². The maximum atomic E-state index is 12.3. The highest BCUT2D eigenvalue weighted by molar-refractivity contribution is 7.14. The van der Waals surface area contributed by atoms with Crippen molar-refractivity contribution in [1.29, 1.82) is 0 Å². The predicted molar refractivity (Wildman–Crippen MR) is 76.0 cm³/mol. The maximum absolute atomic E-state index is 12.3. The Morgan fingerprint density at radius 1 is 1.55 bits per heavy atom. The molecule has 7 heteroatoms. The first-order chi connectivity index (χ1) is 9.40. The zero-order valence-electron chi connectivity index (χ0n) is 11.5. The predicted octanol–water partition coefficient (Wildman–Crippen LogP) is 2.20. The van der Waals surface area contributed by atoms with E-state index in [1.54, 1.807) is 18.7 Å². The largest absolute Gasteiger partial charge is 0.393 e. The fourth-order valence-corrected chi connectivity index (χ4v) is 3.45. The molecule has 1 N–H and O–H groups in total. The van der Waals surface area contributed by atoms with E-state index in [2.05, 4.69) is 0 Å². The second-order valence-electron chi connectivity index (χ2n) is 5.18. The van der Waals surface area contributed by atoms with E-state index < -0.39 is 4.92 Å². The maximum Gasteiger partial charge on any atom is 0.283 e. The Bertz CT molecular complexity index is 518. The molecule has 1 aliphatic rings. The number of aryl methyl sites for hydroxylation is 1. The van der Waals surface area contributed by atoms with Gasteiger partial charge in [-0.2, -0.15) is 0 Å². The van der Waals surface area contributed by atoms with Gasteiger partial charge in [-0.3, -0.25) is 14.9 Å². The highest BCUT2D eigenvalue weighted by atomic mass is 32.1. The minimum absolute atomic E-state index is 0.0113. The van der Waals surface area contributed by atoms with E-state index in [4.69, 9.17) is 0 Å². The van der Waals surface area contributed by atoms with Gasteiger partial charge in [-0.05, 0) is 32.6 Å². The fraction of sp³-hybridized carbons (Fsp3) is 0.615. The number of aliphatic hydroxyl groups excluding tert-OH is 1. The Morgan fingerprint density at radius 2 is 2.15 bits per heavy atom. The lowest BCUT2D eigenvalue weighted by atomic mass is 9.92. The lowest BCUT2D eigenvalue weighted by Gasteiger charge is -2.33. The Kier molecular flexibility index (Phi) is 4.39. The molecule has 1 saturated heterocycles. The van der Waals surface area contributed by atoms with Gasteiger partial charge in [0.1, 0.15) is 0 Å². The lowest BCUT2D eigenvalue weighted by molar-refractivity contribution is -0.385. The first kappa shape index (κ1) is 14.9. The summed E-state index contributed by atoms with van der Waals surface area (Å²) in [5.41, 5.74) is 0.0113. The molecule has 1 atom stereocenters. The molecule has 1 fully saturated rings. The Hall–Kier alpha value is -1.47. The summed E-state index contributed by atoms with van der Waals surface area (Å²) >= 11 is 1.17. The van der Waals surface area contributed by atoms with Gasteiger partial charge in [-0.25, -0.2) is 0 Å². The van der Waals surface area contributed by atoms with Crippen LogP contribution in [0, 0.1) is 23.0 Å². The van der Waals surface area contributed by atoms with Crippen LogP contribution in [-0.4, -0.2) is 40.0 Å². The third-order valence-electron chi connectivity index (χ3n) is 3.81. The minimum Gasteiger partial charge on any atom is -0.393 e. The molecule has 1 aromatic rings. The van der Waals surface area contributed by atoms with Crippen molar-refractivity contribution in [3.8, 4) is 0 Å².